The number of guanidine groups is 1. The van der Waals surface area contributed by atoms with Crippen molar-refractivity contribution in [3.8, 4) is 5.75 Å². The molecule has 0 aliphatic rings. The van der Waals surface area contributed by atoms with E-state index in [0.717, 1.165) is 0 Å². The number of nitrogens with zero attached hydrogens (tertiary/aromatic N) is 1. The van der Waals surface area contributed by atoms with Gasteiger partial charge < -0.3 is 16.2 Å². The Labute approximate surface area is 110 Å². The summed E-state index contributed by atoms with van der Waals surface area (Å²) in [4.78, 5) is 15.8. The number of benzene rings is 2. The van der Waals surface area contributed by atoms with Gasteiger partial charge in [0.2, 0.25) is 0 Å². The lowest BCUT2D eigenvalue weighted by Gasteiger charge is -2.07. The van der Waals surface area contributed by atoms with Gasteiger partial charge in [-0.3, -0.25) is 0 Å². The molecular weight excluding hydrogens is 242 g/mol. The predicted octanol–water partition coefficient (Wildman–Crippen LogP) is 1.81. The van der Waals surface area contributed by atoms with E-state index in [-0.39, 0.29) is 5.96 Å². The van der Waals surface area contributed by atoms with E-state index in [4.69, 9.17) is 16.2 Å². The molecule has 19 heavy (non-hydrogen) atoms. The number of hydrogen-bond acceptors (Lipinski definition) is 3. The highest BCUT2D eigenvalue weighted by Crippen LogP contribution is 2.27. The normalized spacial score (nSPS) is 9.68. The molecule has 0 saturated carbocycles. The fraction of sp³-hybridized carbons (Fsp3) is 0. The minimum atomic E-state index is -0.459. The van der Waals surface area contributed by atoms with Gasteiger partial charge in [-0.15, -0.1) is 0 Å². The van der Waals surface area contributed by atoms with E-state index >= 15 is 0 Å². The van der Waals surface area contributed by atoms with Crippen LogP contribution in [0.2, 0.25) is 0 Å². The molecule has 0 radical (unpaired) electrons. The highest BCUT2D eigenvalue weighted by molar-refractivity contribution is 5.92. The third-order valence-electron chi connectivity index (χ3n) is 2.33. The van der Waals surface area contributed by atoms with E-state index in [9.17, 15) is 4.79 Å². The summed E-state index contributed by atoms with van der Waals surface area (Å²) in [5.41, 5.74) is 11.5. The molecule has 96 valence electrons. The lowest BCUT2D eigenvalue weighted by Crippen LogP contribution is -2.22. The molecule has 0 amide bonds. The zero-order valence-electron chi connectivity index (χ0n) is 10.1. The molecular formula is C14H13N3O2. The Balaban J connectivity index is 2.25. The van der Waals surface area contributed by atoms with Gasteiger partial charge in [-0.05, 0) is 24.3 Å². The Morgan fingerprint density at radius 1 is 0.947 bits per heavy atom. The van der Waals surface area contributed by atoms with Crippen molar-refractivity contribution in [3.05, 3.63) is 60.2 Å². The first-order valence-corrected chi connectivity index (χ1v) is 5.62. The summed E-state index contributed by atoms with van der Waals surface area (Å²) in [6, 6.07) is 15.5. The zero-order chi connectivity index (χ0) is 13.7. The molecule has 0 aromatic heterocycles. The van der Waals surface area contributed by atoms with Gasteiger partial charge in [0, 0.05) is 0 Å². The van der Waals surface area contributed by atoms with E-state index in [1.54, 1.807) is 48.5 Å². The van der Waals surface area contributed by atoms with E-state index < -0.39 is 5.97 Å². The van der Waals surface area contributed by atoms with Crippen LogP contribution < -0.4 is 16.2 Å². The van der Waals surface area contributed by atoms with Gasteiger partial charge in [-0.25, -0.2) is 9.79 Å². The molecule has 5 nitrogen and oxygen atoms in total. The van der Waals surface area contributed by atoms with Crippen molar-refractivity contribution in [1.29, 1.82) is 0 Å². The van der Waals surface area contributed by atoms with Crippen LogP contribution in [-0.4, -0.2) is 11.9 Å². The zero-order valence-corrected chi connectivity index (χ0v) is 10.1. The van der Waals surface area contributed by atoms with Crippen molar-refractivity contribution in [3.63, 3.8) is 0 Å². The Morgan fingerprint density at radius 2 is 1.58 bits per heavy atom. The summed E-state index contributed by atoms with van der Waals surface area (Å²) in [6.45, 7) is 0. The van der Waals surface area contributed by atoms with Gasteiger partial charge in [0.1, 0.15) is 5.69 Å². The molecule has 0 atom stereocenters. The topological polar surface area (TPSA) is 90.7 Å². The van der Waals surface area contributed by atoms with Gasteiger partial charge in [0.25, 0.3) is 0 Å². The van der Waals surface area contributed by atoms with Crippen LogP contribution in [0, 0.1) is 0 Å². The number of esters is 1. The van der Waals surface area contributed by atoms with Crippen LogP contribution in [0.1, 0.15) is 10.4 Å². The first kappa shape index (κ1) is 12.6. The van der Waals surface area contributed by atoms with Crippen molar-refractivity contribution >= 4 is 17.6 Å². The van der Waals surface area contributed by atoms with Crippen LogP contribution in [0.25, 0.3) is 0 Å². The highest BCUT2D eigenvalue weighted by atomic mass is 16.5. The SMILES string of the molecule is NC(N)=Nc1ccccc1OC(=O)c1ccccc1. The summed E-state index contributed by atoms with van der Waals surface area (Å²) in [5, 5.41) is 0. The quantitative estimate of drug-likeness (QED) is 0.379. The lowest BCUT2D eigenvalue weighted by molar-refractivity contribution is 0.0735. The molecule has 4 N–H and O–H groups in total. The molecule has 0 spiro atoms. The van der Waals surface area contributed by atoms with Crippen molar-refractivity contribution in [2.24, 2.45) is 16.5 Å². The maximum absolute atomic E-state index is 11.9. The summed E-state index contributed by atoms with van der Waals surface area (Å²) >= 11 is 0. The molecule has 0 bridgehead atoms. The number of carbonyl (C=O) groups excluding carboxylic acids is 1. The van der Waals surface area contributed by atoms with Crippen molar-refractivity contribution < 1.29 is 9.53 Å². The predicted molar refractivity (Wildman–Crippen MR) is 73.3 cm³/mol. The number of carbonyl (C=O) groups is 1. The van der Waals surface area contributed by atoms with Crippen LogP contribution in [0.4, 0.5) is 5.69 Å². The molecule has 0 heterocycles. The monoisotopic (exact) mass is 255 g/mol. The van der Waals surface area contributed by atoms with Gasteiger partial charge in [0.15, 0.2) is 11.7 Å². The van der Waals surface area contributed by atoms with Crippen molar-refractivity contribution in [1.82, 2.24) is 0 Å². The van der Waals surface area contributed by atoms with Crippen molar-refractivity contribution in [2.45, 2.75) is 0 Å². The fourth-order valence-electron chi connectivity index (χ4n) is 1.51. The second-order valence-electron chi connectivity index (χ2n) is 3.76. The maximum atomic E-state index is 11.9. The number of ether oxygens (including phenoxy) is 1. The number of aliphatic imine (C=N–C) groups is 1. The molecule has 2 aromatic rings. The number of hydrogen-bond donors (Lipinski definition) is 2. The van der Waals surface area contributed by atoms with Crippen LogP contribution in [0.3, 0.4) is 0 Å². The molecule has 5 heteroatoms. The van der Waals surface area contributed by atoms with Gasteiger partial charge in [0.05, 0.1) is 5.56 Å². The van der Waals surface area contributed by atoms with Crippen LogP contribution in [0.15, 0.2) is 59.6 Å². The minimum absolute atomic E-state index is 0.0942. The smallest absolute Gasteiger partial charge is 0.343 e. The summed E-state index contributed by atoms with van der Waals surface area (Å²) in [5.74, 6) is -0.244. The third-order valence-corrected chi connectivity index (χ3v) is 2.33. The largest absolute Gasteiger partial charge is 0.421 e. The van der Waals surface area contributed by atoms with E-state index in [1.165, 1.54) is 0 Å². The maximum Gasteiger partial charge on any atom is 0.343 e. The lowest BCUT2D eigenvalue weighted by atomic mass is 10.2. The summed E-state index contributed by atoms with van der Waals surface area (Å²) in [7, 11) is 0. The Kier molecular flexibility index (Phi) is 3.78. The van der Waals surface area contributed by atoms with E-state index in [2.05, 4.69) is 4.99 Å². The summed E-state index contributed by atoms with van der Waals surface area (Å²) < 4.78 is 5.28. The first-order chi connectivity index (χ1) is 9.16. The third kappa shape index (κ3) is 3.32. The van der Waals surface area contributed by atoms with Crippen molar-refractivity contribution in [2.75, 3.05) is 0 Å². The highest BCUT2D eigenvalue weighted by Gasteiger charge is 2.10. The second kappa shape index (κ2) is 5.68. The summed E-state index contributed by atoms with van der Waals surface area (Å²) in [6.07, 6.45) is 0. The molecule has 0 aliphatic heterocycles. The number of nitrogens with two attached hydrogens (primary N) is 2. The van der Waals surface area contributed by atoms with E-state index in [1.807, 2.05) is 6.07 Å². The molecule has 2 rings (SSSR count). The van der Waals surface area contributed by atoms with Gasteiger partial charge in [-0.2, -0.15) is 0 Å². The first-order valence-electron chi connectivity index (χ1n) is 5.62. The number of para-hydroxylation sites is 2. The molecule has 0 aliphatic carbocycles. The number of rotatable bonds is 3. The van der Waals surface area contributed by atoms with Crippen LogP contribution in [0.5, 0.6) is 5.75 Å². The Hall–Kier alpha value is -2.82. The Bertz CT molecular complexity index is 605. The second-order valence-corrected chi connectivity index (χ2v) is 3.76. The van der Waals surface area contributed by atoms with Gasteiger partial charge >= 0.3 is 5.97 Å². The van der Waals surface area contributed by atoms with Crippen LogP contribution in [-0.2, 0) is 0 Å². The van der Waals surface area contributed by atoms with E-state index in [0.29, 0.717) is 17.0 Å². The molecule has 0 unspecified atom stereocenters. The van der Waals surface area contributed by atoms with Gasteiger partial charge in [-0.1, -0.05) is 30.3 Å². The standard InChI is InChI=1S/C14H13N3O2/c15-14(16)17-11-8-4-5-9-12(11)19-13(18)10-6-2-1-3-7-10/h1-9H,(H4,15,16,17). The fourth-order valence-corrected chi connectivity index (χ4v) is 1.51. The van der Waals surface area contributed by atoms with Crippen LogP contribution >= 0.6 is 0 Å². The average Bonchev–Trinajstić information content (AvgIpc) is 2.41. The Morgan fingerprint density at radius 3 is 2.26 bits per heavy atom. The molecule has 2 aromatic carbocycles. The molecule has 0 fully saturated rings. The average molecular weight is 255 g/mol. The molecule has 0 saturated heterocycles. The minimum Gasteiger partial charge on any atom is -0.421 e.